The van der Waals surface area contributed by atoms with E-state index < -0.39 is 0 Å². The summed E-state index contributed by atoms with van der Waals surface area (Å²) in [6, 6.07) is 0.701. The van der Waals surface area contributed by atoms with Crippen LogP contribution in [0.3, 0.4) is 0 Å². The van der Waals surface area contributed by atoms with E-state index in [-0.39, 0.29) is 11.9 Å². The fourth-order valence-corrected chi connectivity index (χ4v) is 3.05. The van der Waals surface area contributed by atoms with Gasteiger partial charge >= 0.3 is 0 Å². The average Bonchev–Trinajstić information content (AvgIpc) is 2.75. The fraction of sp³-hybridized carbons (Fsp3) is 0.706. The molecule has 1 amide bonds. The molecule has 0 saturated heterocycles. The Bertz CT molecular complexity index is 467. The van der Waals surface area contributed by atoms with Crippen molar-refractivity contribution in [2.24, 2.45) is 0 Å². The van der Waals surface area contributed by atoms with E-state index >= 15 is 0 Å². The van der Waals surface area contributed by atoms with Crippen molar-refractivity contribution in [2.45, 2.75) is 71.5 Å². The van der Waals surface area contributed by atoms with E-state index in [4.69, 9.17) is 0 Å². The van der Waals surface area contributed by atoms with Crippen LogP contribution in [0, 0.1) is 0 Å². The van der Waals surface area contributed by atoms with E-state index in [0.29, 0.717) is 12.6 Å². The molecule has 0 aliphatic heterocycles. The van der Waals surface area contributed by atoms with Gasteiger partial charge < -0.3 is 15.2 Å². The van der Waals surface area contributed by atoms with E-state index in [1.165, 1.54) is 30.4 Å². The molecule has 2 N–H and O–H groups in total. The lowest BCUT2D eigenvalue weighted by molar-refractivity contribution is -0.122. The number of nitrogens with one attached hydrogen (secondary N) is 2. The first-order valence-electron chi connectivity index (χ1n) is 8.35. The number of carbonyl (C=O) groups is 1. The second-order valence-corrected chi connectivity index (χ2v) is 6.14. The van der Waals surface area contributed by atoms with Crippen LogP contribution in [0.2, 0.25) is 0 Å². The highest BCUT2D eigenvalue weighted by Crippen LogP contribution is 2.29. The van der Waals surface area contributed by atoms with Crippen molar-refractivity contribution in [3.63, 3.8) is 0 Å². The maximum absolute atomic E-state index is 12.0. The Labute approximate surface area is 128 Å². The molecule has 0 bridgehead atoms. The molecule has 0 spiro atoms. The molecule has 2 rings (SSSR count). The number of fused-ring (bicyclic) bond motifs is 1. The monoisotopic (exact) mass is 291 g/mol. The molecule has 2 atom stereocenters. The summed E-state index contributed by atoms with van der Waals surface area (Å²) in [4.78, 5) is 12.0. The van der Waals surface area contributed by atoms with Crippen LogP contribution in [0.15, 0.2) is 12.4 Å². The van der Waals surface area contributed by atoms with Gasteiger partial charge in [-0.2, -0.15) is 0 Å². The Balaban J connectivity index is 2.06. The van der Waals surface area contributed by atoms with Crippen molar-refractivity contribution in [1.82, 2.24) is 15.2 Å². The second kappa shape index (κ2) is 7.64. The molecular weight excluding hydrogens is 262 g/mol. The second-order valence-electron chi connectivity index (χ2n) is 6.14. The first-order chi connectivity index (χ1) is 10.1. The number of amides is 1. The topological polar surface area (TPSA) is 46.1 Å². The predicted molar refractivity (Wildman–Crippen MR) is 86.3 cm³/mol. The third kappa shape index (κ3) is 4.34. The summed E-state index contributed by atoms with van der Waals surface area (Å²) in [5, 5.41) is 6.61. The number of nitrogens with zero attached hydrogens (tertiary/aromatic N) is 1. The zero-order chi connectivity index (χ0) is 15.2. The van der Waals surface area contributed by atoms with Crippen LogP contribution in [0.25, 0.3) is 0 Å². The van der Waals surface area contributed by atoms with Crippen LogP contribution in [0.5, 0.6) is 0 Å². The fourth-order valence-electron chi connectivity index (χ4n) is 3.05. The van der Waals surface area contributed by atoms with Crippen LogP contribution >= 0.6 is 0 Å². The normalized spacial score (nSPS) is 19.7. The standard InChI is InChI=1S/C17H29N3O/c1-4-13(3)19-17(21)12-20-10-14-8-6-7-9-16(18-5-2)15(14)11-20/h10-11,13,16,18H,4-9,12H2,1-3H3,(H,19,21). The van der Waals surface area contributed by atoms with E-state index in [1.807, 2.05) is 6.92 Å². The molecule has 2 unspecified atom stereocenters. The molecule has 0 radical (unpaired) electrons. The van der Waals surface area contributed by atoms with Crippen molar-refractivity contribution in [1.29, 1.82) is 0 Å². The number of aryl methyl sites for hydroxylation is 1. The number of carbonyl (C=O) groups excluding carboxylic acids is 1. The average molecular weight is 291 g/mol. The summed E-state index contributed by atoms with van der Waals surface area (Å²) in [6.45, 7) is 7.70. The Kier molecular flexibility index (Phi) is 5.85. The van der Waals surface area contributed by atoms with Crippen molar-refractivity contribution in [3.05, 3.63) is 23.5 Å². The third-order valence-electron chi connectivity index (χ3n) is 4.36. The van der Waals surface area contributed by atoms with Crippen LogP contribution in [0.4, 0.5) is 0 Å². The van der Waals surface area contributed by atoms with Crippen molar-refractivity contribution >= 4 is 5.91 Å². The molecule has 0 fully saturated rings. The molecular formula is C17H29N3O. The molecule has 1 aromatic heterocycles. The highest BCUT2D eigenvalue weighted by Gasteiger charge is 2.20. The first-order valence-corrected chi connectivity index (χ1v) is 8.35. The molecule has 4 heteroatoms. The van der Waals surface area contributed by atoms with Crippen LogP contribution in [-0.2, 0) is 17.8 Å². The van der Waals surface area contributed by atoms with Gasteiger partial charge in [-0.25, -0.2) is 0 Å². The molecule has 1 heterocycles. The minimum absolute atomic E-state index is 0.106. The maximum Gasteiger partial charge on any atom is 0.240 e. The number of aromatic nitrogens is 1. The molecule has 0 aromatic carbocycles. The van der Waals surface area contributed by atoms with Gasteiger partial charge in [-0.05, 0) is 50.3 Å². The zero-order valence-electron chi connectivity index (χ0n) is 13.6. The lowest BCUT2D eigenvalue weighted by Crippen LogP contribution is -2.34. The first kappa shape index (κ1) is 16.1. The van der Waals surface area contributed by atoms with Gasteiger partial charge in [0.25, 0.3) is 0 Å². The van der Waals surface area contributed by atoms with Gasteiger partial charge in [0.05, 0.1) is 0 Å². The summed E-state index contributed by atoms with van der Waals surface area (Å²) < 4.78 is 2.05. The van der Waals surface area contributed by atoms with Crippen molar-refractivity contribution < 1.29 is 4.79 Å². The molecule has 1 aromatic rings. The summed E-state index contributed by atoms with van der Waals surface area (Å²) >= 11 is 0. The van der Waals surface area contributed by atoms with Gasteiger partial charge in [-0.1, -0.05) is 20.3 Å². The predicted octanol–water partition coefficient (Wildman–Crippen LogP) is 2.78. The molecule has 1 aliphatic carbocycles. The van der Waals surface area contributed by atoms with Crippen LogP contribution in [-0.4, -0.2) is 23.1 Å². The lowest BCUT2D eigenvalue weighted by atomic mass is 10.0. The molecule has 4 nitrogen and oxygen atoms in total. The SMILES string of the molecule is CCNC1CCCCc2cn(CC(=O)NC(C)CC)cc21. The van der Waals surface area contributed by atoms with Crippen molar-refractivity contribution in [2.75, 3.05) is 6.54 Å². The summed E-state index contributed by atoms with van der Waals surface area (Å²) in [5.41, 5.74) is 2.81. The Morgan fingerprint density at radius 3 is 2.90 bits per heavy atom. The number of hydrogen-bond donors (Lipinski definition) is 2. The molecule has 1 aliphatic rings. The van der Waals surface area contributed by atoms with Crippen LogP contribution in [0.1, 0.15) is 63.6 Å². The summed E-state index contributed by atoms with van der Waals surface area (Å²) in [7, 11) is 0. The Morgan fingerprint density at radius 1 is 1.38 bits per heavy atom. The zero-order valence-corrected chi connectivity index (χ0v) is 13.6. The Morgan fingerprint density at radius 2 is 2.19 bits per heavy atom. The molecule has 21 heavy (non-hydrogen) atoms. The minimum Gasteiger partial charge on any atom is -0.352 e. The van der Waals surface area contributed by atoms with Gasteiger partial charge in [-0.3, -0.25) is 4.79 Å². The summed E-state index contributed by atoms with van der Waals surface area (Å²) in [5.74, 6) is 0.106. The molecule has 0 saturated carbocycles. The van der Waals surface area contributed by atoms with Crippen LogP contribution < -0.4 is 10.6 Å². The number of hydrogen-bond acceptors (Lipinski definition) is 2. The molecule has 118 valence electrons. The van der Waals surface area contributed by atoms with Gasteiger partial charge in [0.15, 0.2) is 0 Å². The quantitative estimate of drug-likeness (QED) is 0.792. The third-order valence-corrected chi connectivity index (χ3v) is 4.36. The smallest absolute Gasteiger partial charge is 0.240 e. The highest BCUT2D eigenvalue weighted by molar-refractivity contribution is 5.76. The Hall–Kier alpha value is -1.29. The van der Waals surface area contributed by atoms with E-state index in [9.17, 15) is 4.79 Å². The van der Waals surface area contributed by atoms with Gasteiger partial charge in [-0.15, -0.1) is 0 Å². The minimum atomic E-state index is 0.106. The lowest BCUT2D eigenvalue weighted by Gasteiger charge is -2.15. The van der Waals surface area contributed by atoms with E-state index in [0.717, 1.165) is 19.4 Å². The van der Waals surface area contributed by atoms with E-state index in [1.54, 1.807) is 0 Å². The van der Waals surface area contributed by atoms with Crippen molar-refractivity contribution in [3.8, 4) is 0 Å². The van der Waals surface area contributed by atoms with E-state index in [2.05, 4.69) is 41.4 Å². The highest BCUT2D eigenvalue weighted by atomic mass is 16.2. The number of rotatable bonds is 6. The van der Waals surface area contributed by atoms with Gasteiger partial charge in [0.1, 0.15) is 6.54 Å². The largest absolute Gasteiger partial charge is 0.352 e. The maximum atomic E-state index is 12.0. The van der Waals surface area contributed by atoms with Gasteiger partial charge in [0.2, 0.25) is 5.91 Å². The summed E-state index contributed by atoms with van der Waals surface area (Å²) in [6.07, 6.45) is 10.2. The van der Waals surface area contributed by atoms with Gasteiger partial charge in [0, 0.05) is 24.5 Å².